The number of hydrogen-bond donors (Lipinski definition) is 3. The van der Waals surface area contributed by atoms with Crippen LogP contribution in [0.4, 0.5) is 0 Å². The minimum atomic E-state index is -1.28. The third-order valence-electron chi connectivity index (χ3n) is 11.1. The van der Waals surface area contributed by atoms with Crippen molar-refractivity contribution in [2.75, 3.05) is 6.61 Å². The highest BCUT2D eigenvalue weighted by atomic mass is 16.7. The van der Waals surface area contributed by atoms with Gasteiger partial charge in [-0.2, -0.15) is 0 Å². The molecule has 4 aliphatic carbocycles. The minimum Gasteiger partial charge on any atom is -0.388 e. The van der Waals surface area contributed by atoms with Crippen molar-refractivity contribution < 1.29 is 29.6 Å². The fraction of sp³-hybridized carbons (Fsp3) is 0.833. The molecule has 1 saturated heterocycles. The maximum Gasteiger partial charge on any atom is 0.186 e. The first-order chi connectivity index (χ1) is 17.1. The van der Waals surface area contributed by atoms with E-state index in [9.17, 15) is 20.1 Å². The largest absolute Gasteiger partial charge is 0.388 e. The van der Waals surface area contributed by atoms with Gasteiger partial charge in [0.15, 0.2) is 6.29 Å². The lowest BCUT2D eigenvalue weighted by Crippen LogP contribution is -2.54. The fourth-order valence-electron chi connectivity index (χ4n) is 8.79. The SMILES string of the molecule is C/C1=C2\CC(OC3OCC(O)C(O)C3O)C(C)C2C/C=C(/C=O)[C@H]2C[C@@]3(C)CCC(C(C)C)C3CC12. The molecule has 0 radical (unpaired) electrons. The molecule has 4 fully saturated rings. The third-order valence-corrected chi connectivity index (χ3v) is 11.1. The van der Waals surface area contributed by atoms with Crippen molar-refractivity contribution in [2.24, 2.45) is 46.8 Å². The van der Waals surface area contributed by atoms with Crippen LogP contribution in [0.25, 0.3) is 0 Å². The minimum absolute atomic E-state index is 0.0541. The van der Waals surface area contributed by atoms with Crippen molar-refractivity contribution in [1.29, 1.82) is 0 Å². The van der Waals surface area contributed by atoms with Gasteiger partial charge < -0.3 is 24.8 Å². The molecule has 12 atom stereocenters. The van der Waals surface area contributed by atoms with E-state index in [-0.39, 0.29) is 18.6 Å². The van der Waals surface area contributed by atoms with Crippen LogP contribution in [0.5, 0.6) is 0 Å². The average molecular weight is 503 g/mol. The van der Waals surface area contributed by atoms with Gasteiger partial charge in [0, 0.05) is 0 Å². The Hall–Kier alpha value is -1.05. The van der Waals surface area contributed by atoms with Gasteiger partial charge in [-0.25, -0.2) is 0 Å². The molecule has 5 rings (SSSR count). The van der Waals surface area contributed by atoms with Crippen molar-refractivity contribution in [3.05, 3.63) is 22.8 Å². The molecule has 5 aliphatic rings. The second-order valence-electron chi connectivity index (χ2n) is 13.2. The van der Waals surface area contributed by atoms with E-state index in [4.69, 9.17) is 9.47 Å². The number of hydrogen-bond acceptors (Lipinski definition) is 6. The number of carbonyl (C=O) groups is 1. The molecular formula is C30H46O6. The maximum atomic E-state index is 12.4. The number of aldehydes is 1. The van der Waals surface area contributed by atoms with Crippen LogP contribution in [0.1, 0.15) is 73.1 Å². The molecule has 1 aliphatic heterocycles. The summed E-state index contributed by atoms with van der Waals surface area (Å²) in [5.74, 6) is 3.30. The normalized spacial score (nSPS) is 52.6. The summed E-state index contributed by atoms with van der Waals surface area (Å²) in [6.07, 6.45) is 5.03. The van der Waals surface area contributed by atoms with Gasteiger partial charge in [-0.1, -0.05) is 44.9 Å². The Morgan fingerprint density at radius 2 is 1.92 bits per heavy atom. The monoisotopic (exact) mass is 502 g/mol. The van der Waals surface area contributed by atoms with Crippen molar-refractivity contribution in [3.63, 3.8) is 0 Å². The molecule has 6 heteroatoms. The average Bonchev–Trinajstić information content (AvgIpc) is 3.34. The molecule has 36 heavy (non-hydrogen) atoms. The van der Waals surface area contributed by atoms with Gasteiger partial charge in [0.2, 0.25) is 0 Å². The lowest BCUT2D eigenvalue weighted by Gasteiger charge is -2.49. The lowest BCUT2D eigenvalue weighted by molar-refractivity contribution is -0.285. The first kappa shape index (κ1) is 26.6. The van der Waals surface area contributed by atoms with Crippen molar-refractivity contribution in [3.8, 4) is 0 Å². The Balaban J connectivity index is 1.43. The van der Waals surface area contributed by atoms with Crippen LogP contribution in [0.3, 0.4) is 0 Å². The van der Waals surface area contributed by atoms with Crippen LogP contribution in [0.15, 0.2) is 22.8 Å². The molecular weight excluding hydrogens is 456 g/mol. The predicted molar refractivity (Wildman–Crippen MR) is 137 cm³/mol. The molecule has 0 aromatic carbocycles. The summed E-state index contributed by atoms with van der Waals surface area (Å²) < 4.78 is 11.8. The number of ether oxygens (including phenoxy) is 2. The first-order valence-corrected chi connectivity index (χ1v) is 14.2. The highest BCUT2D eigenvalue weighted by Gasteiger charge is 2.54. The molecule has 1 heterocycles. The Morgan fingerprint density at radius 3 is 2.61 bits per heavy atom. The zero-order valence-electron chi connectivity index (χ0n) is 22.6. The van der Waals surface area contributed by atoms with Crippen molar-refractivity contribution in [1.82, 2.24) is 0 Å². The molecule has 3 N–H and O–H groups in total. The summed E-state index contributed by atoms with van der Waals surface area (Å²) >= 11 is 0. The zero-order chi connectivity index (χ0) is 25.9. The molecule has 3 saturated carbocycles. The van der Waals surface area contributed by atoms with E-state index in [0.29, 0.717) is 35.0 Å². The van der Waals surface area contributed by atoms with Crippen LogP contribution in [0.2, 0.25) is 0 Å². The summed E-state index contributed by atoms with van der Waals surface area (Å²) in [4.78, 5) is 12.4. The molecule has 6 nitrogen and oxygen atoms in total. The van der Waals surface area contributed by atoms with E-state index < -0.39 is 24.6 Å². The molecule has 0 bridgehead atoms. The fourth-order valence-corrected chi connectivity index (χ4v) is 8.79. The smallest absolute Gasteiger partial charge is 0.186 e. The summed E-state index contributed by atoms with van der Waals surface area (Å²) in [6, 6.07) is 0. The molecule has 0 spiro atoms. The van der Waals surface area contributed by atoms with Crippen LogP contribution in [-0.4, -0.2) is 58.9 Å². The number of rotatable bonds is 4. The number of carbonyl (C=O) groups excluding carboxylic acids is 1. The van der Waals surface area contributed by atoms with E-state index in [1.165, 1.54) is 24.0 Å². The van der Waals surface area contributed by atoms with Crippen LogP contribution < -0.4 is 0 Å². The lowest BCUT2D eigenvalue weighted by atomic mass is 9.55. The highest BCUT2D eigenvalue weighted by molar-refractivity contribution is 5.74. The first-order valence-electron chi connectivity index (χ1n) is 14.2. The topological polar surface area (TPSA) is 96.2 Å². The van der Waals surface area contributed by atoms with Gasteiger partial charge in [-0.05, 0) is 97.9 Å². The second-order valence-corrected chi connectivity index (χ2v) is 13.2. The molecule has 0 aromatic rings. The second kappa shape index (κ2) is 9.92. The van der Waals surface area contributed by atoms with Gasteiger partial charge in [0.1, 0.15) is 24.6 Å². The van der Waals surface area contributed by atoms with Crippen LogP contribution in [0, 0.1) is 46.8 Å². The number of aliphatic hydroxyl groups is 3. The van der Waals surface area contributed by atoms with Gasteiger partial charge >= 0.3 is 0 Å². The van der Waals surface area contributed by atoms with Gasteiger partial charge in [0.25, 0.3) is 0 Å². The number of fused-ring (bicyclic) bond motifs is 3. The van der Waals surface area contributed by atoms with E-state index in [2.05, 4.69) is 40.7 Å². The summed E-state index contributed by atoms with van der Waals surface area (Å²) in [5, 5.41) is 30.4. The van der Waals surface area contributed by atoms with E-state index in [0.717, 1.165) is 43.5 Å². The number of allylic oxidation sites excluding steroid dienone is 3. The van der Waals surface area contributed by atoms with Crippen LogP contribution in [-0.2, 0) is 14.3 Å². The van der Waals surface area contributed by atoms with Gasteiger partial charge in [0.05, 0.1) is 12.7 Å². The van der Waals surface area contributed by atoms with Crippen molar-refractivity contribution >= 4 is 6.29 Å². The molecule has 0 amide bonds. The summed E-state index contributed by atoms with van der Waals surface area (Å²) in [5.41, 5.74) is 4.21. The Kier molecular flexibility index (Phi) is 7.32. The molecule has 202 valence electrons. The Bertz CT molecular complexity index is 909. The Morgan fingerprint density at radius 1 is 1.17 bits per heavy atom. The molecule has 0 aromatic heterocycles. The quantitative estimate of drug-likeness (QED) is 0.397. The number of aliphatic hydroxyl groups excluding tert-OH is 3. The Labute approximate surface area is 216 Å². The van der Waals surface area contributed by atoms with Crippen LogP contribution >= 0.6 is 0 Å². The van der Waals surface area contributed by atoms with Crippen molar-refractivity contribution in [2.45, 2.75) is 104 Å². The van der Waals surface area contributed by atoms with E-state index in [1.54, 1.807) is 0 Å². The predicted octanol–water partition coefficient (Wildman–Crippen LogP) is 4.03. The van der Waals surface area contributed by atoms with Gasteiger partial charge in [-0.3, -0.25) is 4.79 Å². The summed E-state index contributed by atoms with van der Waals surface area (Å²) in [7, 11) is 0. The summed E-state index contributed by atoms with van der Waals surface area (Å²) in [6.45, 7) is 11.7. The highest BCUT2D eigenvalue weighted by Crippen LogP contribution is 2.62. The van der Waals surface area contributed by atoms with E-state index in [1.807, 2.05) is 0 Å². The van der Waals surface area contributed by atoms with Gasteiger partial charge in [-0.15, -0.1) is 0 Å². The third kappa shape index (κ3) is 4.35. The maximum absolute atomic E-state index is 12.4. The molecule has 10 unspecified atom stereocenters. The zero-order valence-corrected chi connectivity index (χ0v) is 22.6. The van der Waals surface area contributed by atoms with E-state index >= 15 is 0 Å². The standard InChI is InChI=1S/C30H46O6/c1-15(2)19-8-9-30(5)12-23-18(13-31)6-7-20-17(4)26(11-22(20)16(3)21(23)10-24(19)30)36-29-28(34)27(33)25(32)14-35-29/h6,13,15,17,19-21,23-29,32-34H,7-12,14H2,1-5H3/b18-6-,22-16-/t17?,19?,20?,21?,23-,24?,25?,26?,27?,28?,29?,30-/m1/s1.